The number of carbonyl (C=O) groups excluding carboxylic acids is 1. The number of nitrogens with one attached hydrogen (secondary N) is 1. The molecular formula is C13H20N2O2. The van der Waals surface area contributed by atoms with Gasteiger partial charge in [0.25, 0.3) is 0 Å². The molecule has 0 aliphatic carbocycles. The monoisotopic (exact) mass is 236 g/mol. The Morgan fingerprint density at radius 2 is 2.06 bits per heavy atom. The van der Waals surface area contributed by atoms with E-state index < -0.39 is 0 Å². The first kappa shape index (κ1) is 13.7. The molecule has 94 valence electrons. The number of hydrogen-bond donors (Lipinski definition) is 3. The van der Waals surface area contributed by atoms with Gasteiger partial charge >= 0.3 is 0 Å². The summed E-state index contributed by atoms with van der Waals surface area (Å²) in [6.45, 7) is 2.22. The molecule has 4 heteroatoms. The van der Waals surface area contributed by atoms with Gasteiger partial charge in [0.05, 0.1) is 12.6 Å². The lowest BCUT2D eigenvalue weighted by Crippen LogP contribution is -2.35. The highest BCUT2D eigenvalue weighted by Gasteiger charge is 2.17. The maximum atomic E-state index is 11.8. The second kappa shape index (κ2) is 7.04. The minimum absolute atomic E-state index is 0.0710. The van der Waals surface area contributed by atoms with Crippen LogP contribution in [0.15, 0.2) is 30.3 Å². The summed E-state index contributed by atoms with van der Waals surface area (Å²) in [7, 11) is 0. The van der Waals surface area contributed by atoms with Gasteiger partial charge in [0, 0.05) is 5.92 Å². The fourth-order valence-corrected chi connectivity index (χ4v) is 1.61. The van der Waals surface area contributed by atoms with Gasteiger partial charge < -0.3 is 16.2 Å². The van der Waals surface area contributed by atoms with Gasteiger partial charge in [-0.1, -0.05) is 37.3 Å². The Bertz CT molecular complexity index is 341. The molecule has 1 rings (SSSR count). The Morgan fingerprint density at radius 3 is 2.59 bits per heavy atom. The minimum atomic E-state index is -0.344. The Balaban J connectivity index is 2.62. The summed E-state index contributed by atoms with van der Waals surface area (Å²) in [6, 6.07) is 9.09. The molecule has 1 aromatic rings. The van der Waals surface area contributed by atoms with E-state index in [1.54, 1.807) is 0 Å². The van der Waals surface area contributed by atoms with Crippen LogP contribution in [-0.4, -0.2) is 24.2 Å². The Labute approximate surface area is 102 Å². The van der Waals surface area contributed by atoms with E-state index in [1.807, 2.05) is 37.3 Å². The molecule has 0 aromatic heterocycles. The average molecular weight is 236 g/mol. The first-order valence-electron chi connectivity index (χ1n) is 5.85. The van der Waals surface area contributed by atoms with E-state index in [4.69, 9.17) is 5.73 Å². The van der Waals surface area contributed by atoms with E-state index in [1.165, 1.54) is 0 Å². The molecular weight excluding hydrogens is 216 g/mol. The van der Waals surface area contributed by atoms with Gasteiger partial charge in [-0.3, -0.25) is 4.79 Å². The molecule has 0 fully saturated rings. The predicted molar refractivity (Wildman–Crippen MR) is 67.2 cm³/mol. The van der Waals surface area contributed by atoms with E-state index in [2.05, 4.69) is 5.32 Å². The van der Waals surface area contributed by atoms with Crippen LogP contribution in [0.2, 0.25) is 0 Å². The summed E-state index contributed by atoms with van der Waals surface area (Å²) in [5, 5.41) is 12.1. The van der Waals surface area contributed by atoms with Crippen molar-refractivity contribution in [3.63, 3.8) is 0 Å². The predicted octanol–water partition coefficient (Wildman–Crippen LogP) is 0.821. The number of carbonyl (C=O) groups is 1. The van der Waals surface area contributed by atoms with Gasteiger partial charge in [-0.25, -0.2) is 0 Å². The quantitative estimate of drug-likeness (QED) is 0.684. The first-order chi connectivity index (χ1) is 8.19. The van der Waals surface area contributed by atoms with E-state index >= 15 is 0 Å². The molecule has 0 spiro atoms. The number of aliphatic hydroxyl groups excluding tert-OH is 1. The summed E-state index contributed by atoms with van der Waals surface area (Å²) in [5.41, 5.74) is 6.32. The lowest BCUT2D eigenvalue weighted by atomic mass is 10.0. The molecule has 0 aliphatic rings. The molecule has 0 radical (unpaired) electrons. The molecule has 4 N–H and O–H groups in total. The first-order valence-corrected chi connectivity index (χ1v) is 5.85. The van der Waals surface area contributed by atoms with Crippen LogP contribution in [0.3, 0.4) is 0 Å². The van der Waals surface area contributed by atoms with Gasteiger partial charge in [0.2, 0.25) is 5.91 Å². The molecule has 1 unspecified atom stereocenters. The topological polar surface area (TPSA) is 75.4 Å². The molecule has 0 heterocycles. The maximum Gasteiger partial charge on any atom is 0.223 e. The van der Waals surface area contributed by atoms with Gasteiger partial charge in [-0.15, -0.1) is 0 Å². The lowest BCUT2D eigenvalue weighted by Gasteiger charge is -2.19. The summed E-state index contributed by atoms with van der Waals surface area (Å²) in [4.78, 5) is 11.8. The van der Waals surface area contributed by atoms with Crippen LogP contribution < -0.4 is 11.1 Å². The summed E-state index contributed by atoms with van der Waals surface area (Å²) >= 11 is 0. The third kappa shape index (κ3) is 4.17. The van der Waals surface area contributed by atoms with Crippen LogP contribution in [0, 0.1) is 5.92 Å². The average Bonchev–Trinajstić information content (AvgIpc) is 2.37. The lowest BCUT2D eigenvalue weighted by molar-refractivity contribution is -0.125. The van der Waals surface area contributed by atoms with Crippen LogP contribution in [-0.2, 0) is 4.79 Å². The van der Waals surface area contributed by atoms with Crippen molar-refractivity contribution in [3.8, 4) is 0 Å². The smallest absolute Gasteiger partial charge is 0.223 e. The molecule has 1 aromatic carbocycles. The summed E-state index contributed by atoms with van der Waals surface area (Å²) < 4.78 is 0. The van der Waals surface area contributed by atoms with Crippen LogP contribution >= 0.6 is 0 Å². The number of nitrogens with two attached hydrogens (primary N) is 1. The van der Waals surface area contributed by atoms with Gasteiger partial charge in [0.1, 0.15) is 0 Å². The largest absolute Gasteiger partial charge is 0.394 e. The van der Waals surface area contributed by atoms with Crippen molar-refractivity contribution in [1.82, 2.24) is 5.32 Å². The molecule has 17 heavy (non-hydrogen) atoms. The normalized spacial score (nSPS) is 14.1. The fraction of sp³-hybridized carbons (Fsp3) is 0.462. The molecule has 0 aliphatic heterocycles. The van der Waals surface area contributed by atoms with Crippen molar-refractivity contribution in [2.24, 2.45) is 11.7 Å². The second-order valence-corrected chi connectivity index (χ2v) is 4.13. The maximum absolute atomic E-state index is 11.8. The van der Waals surface area contributed by atoms with Crippen LogP contribution in [0.25, 0.3) is 0 Å². The molecule has 0 saturated heterocycles. The minimum Gasteiger partial charge on any atom is -0.394 e. The van der Waals surface area contributed by atoms with Crippen molar-refractivity contribution in [2.75, 3.05) is 13.2 Å². The molecule has 4 nitrogen and oxygen atoms in total. The third-order valence-corrected chi connectivity index (χ3v) is 2.75. The Morgan fingerprint density at radius 1 is 1.41 bits per heavy atom. The number of hydrogen-bond acceptors (Lipinski definition) is 3. The van der Waals surface area contributed by atoms with E-state index in [0.29, 0.717) is 13.0 Å². The standard InChI is InChI=1S/C13H20N2O2/c1-10(7-8-14)13(17)15-12(9-16)11-5-3-2-4-6-11/h2-6,10,12,16H,7-9,14H2,1H3,(H,15,17)/t10?,12-/m0/s1. The van der Waals surface area contributed by atoms with Crippen molar-refractivity contribution in [1.29, 1.82) is 0 Å². The third-order valence-electron chi connectivity index (χ3n) is 2.75. The number of rotatable bonds is 6. The summed E-state index contributed by atoms with van der Waals surface area (Å²) in [5.74, 6) is -0.198. The van der Waals surface area contributed by atoms with Crippen molar-refractivity contribution < 1.29 is 9.90 Å². The Kier molecular flexibility index (Phi) is 5.66. The zero-order chi connectivity index (χ0) is 12.7. The van der Waals surface area contributed by atoms with Gasteiger partial charge in [0.15, 0.2) is 0 Å². The van der Waals surface area contributed by atoms with Gasteiger partial charge in [-0.2, -0.15) is 0 Å². The molecule has 0 bridgehead atoms. The second-order valence-electron chi connectivity index (χ2n) is 4.13. The highest BCUT2D eigenvalue weighted by molar-refractivity contribution is 5.78. The molecule has 0 saturated carbocycles. The van der Waals surface area contributed by atoms with Crippen LogP contribution in [0.1, 0.15) is 24.9 Å². The zero-order valence-electron chi connectivity index (χ0n) is 10.1. The van der Waals surface area contributed by atoms with Crippen LogP contribution in [0.4, 0.5) is 0 Å². The Hall–Kier alpha value is -1.39. The van der Waals surface area contributed by atoms with Crippen molar-refractivity contribution >= 4 is 5.91 Å². The summed E-state index contributed by atoms with van der Waals surface area (Å²) in [6.07, 6.45) is 0.652. The zero-order valence-corrected chi connectivity index (χ0v) is 10.1. The van der Waals surface area contributed by atoms with Crippen molar-refractivity contribution in [3.05, 3.63) is 35.9 Å². The van der Waals surface area contributed by atoms with E-state index in [0.717, 1.165) is 5.56 Å². The highest BCUT2D eigenvalue weighted by atomic mass is 16.3. The molecule has 1 amide bonds. The van der Waals surface area contributed by atoms with E-state index in [-0.39, 0.29) is 24.5 Å². The fourth-order valence-electron chi connectivity index (χ4n) is 1.61. The molecule has 2 atom stereocenters. The van der Waals surface area contributed by atoms with E-state index in [9.17, 15) is 9.90 Å². The van der Waals surface area contributed by atoms with Crippen LogP contribution in [0.5, 0.6) is 0 Å². The number of amides is 1. The number of aliphatic hydroxyl groups is 1. The van der Waals surface area contributed by atoms with Crippen molar-refractivity contribution in [2.45, 2.75) is 19.4 Å². The highest BCUT2D eigenvalue weighted by Crippen LogP contribution is 2.13. The number of benzene rings is 1. The SMILES string of the molecule is CC(CCN)C(=O)N[C@@H](CO)c1ccccc1. The van der Waals surface area contributed by atoms with Gasteiger partial charge in [-0.05, 0) is 18.5 Å².